The van der Waals surface area contributed by atoms with Crippen molar-refractivity contribution in [2.75, 3.05) is 7.11 Å². The highest BCUT2D eigenvalue weighted by atomic mass is 32.1. The Kier molecular flexibility index (Phi) is 3.33. The standard InChI is InChI=1S/C10H10N2O3S/c1-14-7-2-4-8(5-3-7)15-10-12-11-9(6-13)16-10/h2-5,13H,6H2,1H3. The molecule has 0 aliphatic heterocycles. The number of aromatic nitrogens is 2. The van der Waals surface area contributed by atoms with Gasteiger partial charge < -0.3 is 14.6 Å². The number of methoxy groups -OCH3 is 1. The summed E-state index contributed by atoms with van der Waals surface area (Å²) in [6.45, 7) is -0.121. The van der Waals surface area contributed by atoms with Gasteiger partial charge in [0.1, 0.15) is 16.5 Å². The summed E-state index contributed by atoms with van der Waals surface area (Å²) >= 11 is 1.21. The number of aliphatic hydroxyl groups excluding tert-OH is 1. The van der Waals surface area contributed by atoms with Gasteiger partial charge >= 0.3 is 0 Å². The Morgan fingerprint density at radius 3 is 2.44 bits per heavy atom. The van der Waals surface area contributed by atoms with E-state index in [1.165, 1.54) is 11.3 Å². The van der Waals surface area contributed by atoms with Crippen LogP contribution in [0, 0.1) is 0 Å². The molecule has 0 fully saturated rings. The van der Waals surface area contributed by atoms with Gasteiger partial charge in [0.05, 0.1) is 13.7 Å². The van der Waals surface area contributed by atoms with Crippen LogP contribution >= 0.6 is 11.3 Å². The smallest absolute Gasteiger partial charge is 0.299 e. The van der Waals surface area contributed by atoms with E-state index in [1.807, 2.05) is 0 Å². The van der Waals surface area contributed by atoms with E-state index in [1.54, 1.807) is 31.4 Å². The van der Waals surface area contributed by atoms with E-state index in [0.717, 1.165) is 5.75 Å². The van der Waals surface area contributed by atoms with E-state index in [0.29, 0.717) is 16.0 Å². The highest BCUT2D eigenvalue weighted by molar-refractivity contribution is 7.13. The lowest BCUT2D eigenvalue weighted by atomic mass is 10.3. The summed E-state index contributed by atoms with van der Waals surface area (Å²) < 4.78 is 10.5. The van der Waals surface area contributed by atoms with E-state index in [-0.39, 0.29) is 6.61 Å². The van der Waals surface area contributed by atoms with Crippen LogP contribution in [0.2, 0.25) is 0 Å². The molecule has 1 aromatic heterocycles. The van der Waals surface area contributed by atoms with Gasteiger partial charge in [-0.2, -0.15) is 0 Å². The predicted octanol–water partition coefficient (Wildman–Crippen LogP) is 1.83. The summed E-state index contributed by atoms with van der Waals surface area (Å²) in [5, 5.41) is 17.3. The summed E-state index contributed by atoms with van der Waals surface area (Å²) in [6.07, 6.45) is 0. The molecule has 6 heteroatoms. The lowest BCUT2D eigenvalue weighted by Crippen LogP contribution is -1.85. The van der Waals surface area contributed by atoms with Gasteiger partial charge in [-0.3, -0.25) is 0 Å². The van der Waals surface area contributed by atoms with Crippen molar-refractivity contribution in [1.29, 1.82) is 0 Å². The molecule has 16 heavy (non-hydrogen) atoms. The maximum Gasteiger partial charge on any atom is 0.299 e. The molecule has 1 aromatic carbocycles. The van der Waals surface area contributed by atoms with Gasteiger partial charge in [0.15, 0.2) is 0 Å². The zero-order valence-corrected chi connectivity index (χ0v) is 9.40. The monoisotopic (exact) mass is 238 g/mol. The lowest BCUT2D eigenvalue weighted by Gasteiger charge is -2.02. The SMILES string of the molecule is COc1ccc(Oc2nnc(CO)s2)cc1. The first-order chi connectivity index (χ1) is 7.81. The van der Waals surface area contributed by atoms with Crippen molar-refractivity contribution in [2.45, 2.75) is 6.61 Å². The van der Waals surface area contributed by atoms with Gasteiger partial charge in [-0.25, -0.2) is 0 Å². The third kappa shape index (κ3) is 2.47. The summed E-state index contributed by atoms with van der Waals surface area (Å²) in [6, 6.07) is 7.14. The second kappa shape index (κ2) is 4.91. The molecule has 0 atom stereocenters. The van der Waals surface area contributed by atoms with Crippen molar-refractivity contribution >= 4 is 11.3 Å². The highest BCUT2D eigenvalue weighted by Gasteiger charge is 2.05. The maximum atomic E-state index is 8.82. The van der Waals surface area contributed by atoms with E-state index in [2.05, 4.69) is 10.2 Å². The number of nitrogens with zero attached hydrogens (tertiary/aromatic N) is 2. The molecule has 0 bridgehead atoms. The molecule has 0 saturated carbocycles. The van der Waals surface area contributed by atoms with Crippen LogP contribution in [0.3, 0.4) is 0 Å². The van der Waals surface area contributed by atoms with Gasteiger partial charge in [-0.05, 0) is 24.3 Å². The van der Waals surface area contributed by atoms with E-state index in [9.17, 15) is 0 Å². The Hall–Kier alpha value is -1.66. The molecule has 0 aliphatic rings. The van der Waals surface area contributed by atoms with Crippen LogP contribution in [0.25, 0.3) is 0 Å². The molecular formula is C10H10N2O3S. The van der Waals surface area contributed by atoms with Crippen LogP contribution in [0.4, 0.5) is 0 Å². The van der Waals surface area contributed by atoms with Gasteiger partial charge in [-0.1, -0.05) is 16.4 Å². The molecule has 1 N–H and O–H groups in total. The minimum atomic E-state index is -0.121. The number of hydrogen-bond acceptors (Lipinski definition) is 6. The number of benzene rings is 1. The van der Waals surface area contributed by atoms with Crippen LogP contribution in [-0.4, -0.2) is 22.4 Å². The third-order valence-electron chi connectivity index (χ3n) is 1.85. The molecule has 5 nitrogen and oxygen atoms in total. The lowest BCUT2D eigenvalue weighted by molar-refractivity contribution is 0.280. The molecule has 0 spiro atoms. The van der Waals surface area contributed by atoms with Crippen LogP contribution in [0.5, 0.6) is 16.7 Å². The first-order valence-electron chi connectivity index (χ1n) is 4.57. The fourth-order valence-electron chi connectivity index (χ4n) is 1.09. The molecule has 0 saturated heterocycles. The number of ether oxygens (including phenoxy) is 2. The molecule has 84 valence electrons. The summed E-state index contributed by atoms with van der Waals surface area (Å²) in [5.74, 6) is 1.42. The molecule has 0 radical (unpaired) electrons. The summed E-state index contributed by atoms with van der Waals surface area (Å²) in [4.78, 5) is 0. The van der Waals surface area contributed by atoms with Crippen molar-refractivity contribution in [2.24, 2.45) is 0 Å². The molecular weight excluding hydrogens is 228 g/mol. The molecule has 2 aromatic rings. The van der Waals surface area contributed by atoms with Crippen molar-refractivity contribution in [3.8, 4) is 16.7 Å². The Balaban J connectivity index is 2.08. The average Bonchev–Trinajstić information content (AvgIpc) is 2.78. The first kappa shape index (κ1) is 10.8. The van der Waals surface area contributed by atoms with Crippen LogP contribution in [-0.2, 0) is 6.61 Å². The minimum absolute atomic E-state index is 0.121. The van der Waals surface area contributed by atoms with E-state index < -0.39 is 0 Å². The quantitative estimate of drug-likeness (QED) is 0.880. The fraction of sp³-hybridized carbons (Fsp3) is 0.200. The second-order valence-corrected chi connectivity index (χ2v) is 3.92. The van der Waals surface area contributed by atoms with Crippen molar-refractivity contribution in [3.05, 3.63) is 29.3 Å². The maximum absolute atomic E-state index is 8.82. The minimum Gasteiger partial charge on any atom is -0.497 e. The number of aliphatic hydroxyl groups is 1. The van der Waals surface area contributed by atoms with Gasteiger partial charge in [-0.15, -0.1) is 5.10 Å². The molecule has 0 amide bonds. The largest absolute Gasteiger partial charge is 0.497 e. The molecule has 1 heterocycles. The van der Waals surface area contributed by atoms with Crippen molar-refractivity contribution in [1.82, 2.24) is 10.2 Å². The first-order valence-corrected chi connectivity index (χ1v) is 5.38. The Morgan fingerprint density at radius 2 is 1.88 bits per heavy atom. The Bertz CT molecular complexity index is 455. The predicted molar refractivity (Wildman–Crippen MR) is 58.9 cm³/mol. The van der Waals surface area contributed by atoms with Crippen LogP contribution in [0.15, 0.2) is 24.3 Å². The summed E-state index contributed by atoms with van der Waals surface area (Å²) in [7, 11) is 1.61. The molecule has 2 rings (SSSR count). The van der Waals surface area contributed by atoms with E-state index in [4.69, 9.17) is 14.6 Å². The average molecular weight is 238 g/mol. The van der Waals surface area contributed by atoms with Crippen LogP contribution in [0.1, 0.15) is 5.01 Å². The van der Waals surface area contributed by atoms with E-state index >= 15 is 0 Å². The Labute approximate surface area is 96.3 Å². The normalized spacial score (nSPS) is 10.1. The zero-order valence-electron chi connectivity index (χ0n) is 8.58. The number of hydrogen-bond donors (Lipinski definition) is 1. The zero-order chi connectivity index (χ0) is 11.4. The van der Waals surface area contributed by atoms with Crippen molar-refractivity contribution < 1.29 is 14.6 Å². The van der Waals surface area contributed by atoms with Gasteiger partial charge in [0, 0.05) is 0 Å². The number of rotatable bonds is 4. The fourth-order valence-corrected chi connectivity index (χ4v) is 1.66. The second-order valence-electron chi connectivity index (χ2n) is 2.90. The topological polar surface area (TPSA) is 64.5 Å². The Morgan fingerprint density at radius 1 is 1.19 bits per heavy atom. The highest BCUT2D eigenvalue weighted by Crippen LogP contribution is 2.26. The third-order valence-corrected chi connectivity index (χ3v) is 2.63. The molecule has 0 aliphatic carbocycles. The molecule has 0 unspecified atom stereocenters. The van der Waals surface area contributed by atoms with Crippen LogP contribution < -0.4 is 9.47 Å². The van der Waals surface area contributed by atoms with Crippen molar-refractivity contribution in [3.63, 3.8) is 0 Å². The summed E-state index contributed by atoms with van der Waals surface area (Å²) in [5.41, 5.74) is 0. The van der Waals surface area contributed by atoms with Gasteiger partial charge in [0.25, 0.3) is 5.19 Å². The van der Waals surface area contributed by atoms with Gasteiger partial charge in [0.2, 0.25) is 0 Å².